The molecule has 0 spiro atoms. The molecule has 0 saturated carbocycles. The van der Waals surface area contributed by atoms with Crippen LogP contribution in [-0.2, 0) is 0 Å². The zero-order valence-corrected chi connectivity index (χ0v) is 10.2. The number of hydrogen-bond acceptors (Lipinski definition) is 4. The van der Waals surface area contributed by atoms with E-state index in [4.69, 9.17) is 11.1 Å². The predicted molar refractivity (Wildman–Crippen MR) is 68.4 cm³/mol. The lowest BCUT2D eigenvalue weighted by molar-refractivity contribution is 1.03. The van der Waals surface area contributed by atoms with Crippen molar-refractivity contribution in [3.05, 3.63) is 47.9 Å². The van der Waals surface area contributed by atoms with Crippen LogP contribution >= 0.6 is 11.8 Å². The number of rotatable bonds is 3. The van der Waals surface area contributed by atoms with E-state index in [1.54, 1.807) is 6.20 Å². The molecule has 1 heterocycles. The fourth-order valence-corrected chi connectivity index (χ4v) is 2.36. The molecule has 0 unspecified atom stereocenters. The summed E-state index contributed by atoms with van der Waals surface area (Å²) in [5.41, 5.74) is 7.08. The maximum absolute atomic E-state index is 7.45. The Hall–Kier alpha value is -1.88. The van der Waals surface area contributed by atoms with E-state index < -0.39 is 0 Å². The van der Waals surface area contributed by atoms with E-state index in [1.807, 2.05) is 25.1 Å². The van der Waals surface area contributed by atoms with Crippen LogP contribution < -0.4 is 5.73 Å². The predicted octanol–water partition coefficient (Wildman–Crippen LogP) is 2.22. The van der Waals surface area contributed by atoms with Gasteiger partial charge in [-0.3, -0.25) is 5.41 Å². The summed E-state index contributed by atoms with van der Waals surface area (Å²) in [5, 5.41) is 8.10. The second-order valence-electron chi connectivity index (χ2n) is 3.54. The van der Waals surface area contributed by atoms with Crippen LogP contribution in [-0.4, -0.2) is 15.8 Å². The lowest BCUT2D eigenvalue weighted by Gasteiger charge is -2.05. The molecule has 4 nitrogen and oxygen atoms in total. The SMILES string of the molecule is Cc1cccc(Sc2nccnc2C(=N)N)c1. The van der Waals surface area contributed by atoms with Gasteiger partial charge in [-0.25, -0.2) is 9.97 Å². The molecular weight excluding hydrogens is 232 g/mol. The average Bonchev–Trinajstić information content (AvgIpc) is 2.29. The van der Waals surface area contributed by atoms with Gasteiger partial charge in [0.05, 0.1) is 0 Å². The quantitative estimate of drug-likeness (QED) is 0.641. The summed E-state index contributed by atoms with van der Waals surface area (Å²) in [4.78, 5) is 9.33. The first kappa shape index (κ1) is 11.6. The molecule has 3 N–H and O–H groups in total. The first-order valence-electron chi connectivity index (χ1n) is 5.07. The lowest BCUT2D eigenvalue weighted by Crippen LogP contribution is -2.14. The number of benzene rings is 1. The Labute approximate surface area is 104 Å². The first-order valence-corrected chi connectivity index (χ1v) is 5.88. The number of hydrogen-bond donors (Lipinski definition) is 2. The van der Waals surface area contributed by atoms with Crippen molar-refractivity contribution in [2.45, 2.75) is 16.8 Å². The van der Waals surface area contributed by atoms with Crippen molar-refractivity contribution < 1.29 is 0 Å². The summed E-state index contributed by atoms with van der Waals surface area (Å²) < 4.78 is 0. The highest BCUT2D eigenvalue weighted by molar-refractivity contribution is 7.99. The number of nitrogens with one attached hydrogen (secondary N) is 1. The summed E-state index contributed by atoms with van der Waals surface area (Å²) >= 11 is 1.46. The van der Waals surface area contributed by atoms with Crippen molar-refractivity contribution in [1.82, 2.24) is 9.97 Å². The maximum atomic E-state index is 7.45. The van der Waals surface area contributed by atoms with Crippen LogP contribution in [0.4, 0.5) is 0 Å². The van der Waals surface area contributed by atoms with Crippen LogP contribution in [0, 0.1) is 12.3 Å². The molecular formula is C12H12N4S. The molecule has 5 heteroatoms. The van der Waals surface area contributed by atoms with Gasteiger partial charge in [0, 0.05) is 17.3 Å². The minimum Gasteiger partial charge on any atom is -0.382 e. The third kappa shape index (κ3) is 2.82. The molecule has 1 aromatic heterocycles. The molecule has 86 valence electrons. The Bertz CT molecular complexity index is 554. The van der Waals surface area contributed by atoms with E-state index in [0.717, 1.165) is 4.90 Å². The van der Waals surface area contributed by atoms with E-state index in [9.17, 15) is 0 Å². The zero-order chi connectivity index (χ0) is 12.3. The fraction of sp³-hybridized carbons (Fsp3) is 0.0833. The van der Waals surface area contributed by atoms with Gasteiger partial charge in [-0.1, -0.05) is 29.5 Å². The number of aryl methyl sites for hydroxylation is 1. The number of nitrogen functional groups attached to an aromatic ring is 1. The molecule has 0 saturated heterocycles. The summed E-state index contributed by atoms with van der Waals surface area (Å²) in [6, 6.07) is 8.08. The topological polar surface area (TPSA) is 75.7 Å². The highest BCUT2D eigenvalue weighted by atomic mass is 32.2. The molecule has 0 bridgehead atoms. The van der Waals surface area contributed by atoms with Crippen molar-refractivity contribution in [2.24, 2.45) is 5.73 Å². The van der Waals surface area contributed by atoms with E-state index in [2.05, 4.69) is 16.0 Å². The Morgan fingerprint density at radius 1 is 1.29 bits per heavy atom. The van der Waals surface area contributed by atoms with E-state index in [-0.39, 0.29) is 5.84 Å². The van der Waals surface area contributed by atoms with E-state index in [0.29, 0.717) is 10.7 Å². The number of amidine groups is 1. The minimum atomic E-state index is -0.0618. The normalized spacial score (nSPS) is 10.2. The number of nitrogens with zero attached hydrogens (tertiary/aromatic N) is 2. The highest BCUT2D eigenvalue weighted by Gasteiger charge is 2.09. The Morgan fingerprint density at radius 2 is 2.06 bits per heavy atom. The van der Waals surface area contributed by atoms with Gasteiger partial charge in [-0.2, -0.15) is 0 Å². The summed E-state index contributed by atoms with van der Waals surface area (Å²) in [6.07, 6.45) is 3.14. The first-order chi connectivity index (χ1) is 8.16. The van der Waals surface area contributed by atoms with Gasteiger partial charge in [0.2, 0.25) is 0 Å². The van der Waals surface area contributed by atoms with Gasteiger partial charge in [0.1, 0.15) is 16.6 Å². The second-order valence-corrected chi connectivity index (χ2v) is 4.60. The van der Waals surface area contributed by atoms with Gasteiger partial charge >= 0.3 is 0 Å². The van der Waals surface area contributed by atoms with Gasteiger partial charge in [-0.15, -0.1) is 0 Å². The molecule has 1 aromatic carbocycles. The monoisotopic (exact) mass is 244 g/mol. The average molecular weight is 244 g/mol. The Morgan fingerprint density at radius 3 is 2.76 bits per heavy atom. The largest absolute Gasteiger partial charge is 0.382 e. The molecule has 0 atom stereocenters. The summed E-state index contributed by atoms with van der Waals surface area (Å²) in [5.74, 6) is -0.0618. The van der Waals surface area contributed by atoms with Crippen LogP contribution in [0.3, 0.4) is 0 Å². The van der Waals surface area contributed by atoms with E-state index >= 15 is 0 Å². The Balaban J connectivity index is 2.33. The second kappa shape index (κ2) is 4.97. The van der Waals surface area contributed by atoms with Gasteiger partial charge in [-0.05, 0) is 19.1 Å². The van der Waals surface area contributed by atoms with Crippen molar-refractivity contribution in [3.63, 3.8) is 0 Å². The fourth-order valence-electron chi connectivity index (χ4n) is 1.38. The molecule has 0 amide bonds. The standard InChI is InChI=1S/C12H12N4S/c1-8-3-2-4-9(7-8)17-12-10(11(13)14)15-5-6-16-12/h2-7H,1H3,(H3,13,14). The van der Waals surface area contributed by atoms with Crippen LogP contribution in [0.5, 0.6) is 0 Å². The summed E-state index contributed by atoms with van der Waals surface area (Å²) in [7, 11) is 0. The number of nitrogens with two attached hydrogens (primary N) is 1. The van der Waals surface area contributed by atoms with Crippen LogP contribution in [0.15, 0.2) is 46.6 Å². The van der Waals surface area contributed by atoms with Crippen molar-refractivity contribution in [3.8, 4) is 0 Å². The van der Waals surface area contributed by atoms with E-state index in [1.165, 1.54) is 23.5 Å². The van der Waals surface area contributed by atoms with Crippen molar-refractivity contribution in [2.75, 3.05) is 0 Å². The molecule has 0 aliphatic heterocycles. The van der Waals surface area contributed by atoms with Crippen LogP contribution in [0.25, 0.3) is 0 Å². The smallest absolute Gasteiger partial charge is 0.144 e. The summed E-state index contributed by atoms with van der Waals surface area (Å²) in [6.45, 7) is 2.03. The third-order valence-corrected chi connectivity index (χ3v) is 3.11. The molecule has 0 fully saturated rings. The minimum absolute atomic E-state index is 0.0618. The van der Waals surface area contributed by atoms with Gasteiger partial charge < -0.3 is 5.73 Å². The van der Waals surface area contributed by atoms with Crippen LogP contribution in [0.1, 0.15) is 11.3 Å². The maximum Gasteiger partial charge on any atom is 0.144 e. The molecule has 2 rings (SSSR count). The number of aromatic nitrogens is 2. The lowest BCUT2D eigenvalue weighted by atomic mass is 10.2. The van der Waals surface area contributed by atoms with Gasteiger partial charge in [0.25, 0.3) is 0 Å². The zero-order valence-electron chi connectivity index (χ0n) is 9.34. The van der Waals surface area contributed by atoms with Crippen molar-refractivity contribution >= 4 is 17.6 Å². The molecule has 17 heavy (non-hydrogen) atoms. The van der Waals surface area contributed by atoms with Crippen molar-refractivity contribution in [1.29, 1.82) is 5.41 Å². The molecule has 0 radical (unpaired) electrons. The van der Waals surface area contributed by atoms with Crippen LogP contribution in [0.2, 0.25) is 0 Å². The highest BCUT2D eigenvalue weighted by Crippen LogP contribution is 2.27. The Kier molecular flexibility index (Phi) is 3.39. The molecule has 0 aliphatic carbocycles. The third-order valence-electron chi connectivity index (χ3n) is 2.12. The molecule has 0 aliphatic rings. The molecule has 2 aromatic rings. The van der Waals surface area contributed by atoms with Gasteiger partial charge in [0.15, 0.2) is 0 Å².